The van der Waals surface area contributed by atoms with E-state index in [0.717, 1.165) is 29.4 Å². The van der Waals surface area contributed by atoms with Crippen LogP contribution in [0.5, 0.6) is 0 Å². The number of ether oxygens (including phenoxy) is 1. The van der Waals surface area contributed by atoms with Crippen molar-refractivity contribution in [3.05, 3.63) is 28.7 Å². The van der Waals surface area contributed by atoms with Crippen molar-refractivity contribution in [1.82, 2.24) is 0 Å². The van der Waals surface area contributed by atoms with Gasteiger partial charge in [-0.25, -0.2) is 4.79 Å². The van der Waals surface area contributed by atoms with Crippen LogP contribution in [-0.4, -0.2) is 18.1 Å². The van der Waals surface area contributed by atoms with Gasteiger partial charge in [0, 0.05) is 10.2 Å². The van der Waals surface area contributed by atoms with E-state index in [2.05, 4.69) is 21.2 Å². The van der Waals surface area contributed by atoms with Gasteiger partial charge in [0.2, 0.25) is 0 Å². The Morgan fingerprint density at radius 1 is 1.47 bits per heavy atom. The zero-order valence-corrected chi connectivity index (χ0v) is 11.4. The van der Waals surface area contributed by atoms with Crippen LogP contribution in [0.15, 0.2) is 28.7 Å². The van der Waals surface area contributed by atoms with Gasteiger partial charge >= 0.3 is 5.97 Å². The van der Waals surface area contributed by atoms with Crippen molar-refractivity contribution in [2.24, 2.45) is 0 Å². The summed E-state index contributed by atoms with van der Waals surface area (Å²) in [5, 5.41) is 3.32. The molecule has 0 spiro atoms. The summed E-state index contributed by atoms with van der Waals surface area (Å²) in [5.41, 5.74) is 0.431. The molecule has 0 amide bonds. The van der Waals surface area contributed by atoms with Crippen LogP contribution >= 0.6 is 15.9 Å². The molecule has 0 saturated heterocycles. The highest BCUT2D eigenvalue weighted by Crippen LogP contribution is 2.38. The molecule has 3 nitrogen and oxygen atoms in total. The van der Waals surface area contributed by atoms with Crippen molar-refractivity contribution < 1.29 is 9.53 Å². The van der Waals surface area contributed by atoms with Gasteiger partial charge in [-0.2, -0.15) is 0 Å². The first kappa shape index (κ1) is 12.4. The number of benzene rings is 1. The van der Waals surface area contributed by atoms with Crippen LogP contribution in [0.4, 0.5) is 5.69 Å². The summed E-state index contributed by atoms with van der Waals surface area (Å²) < 4.78 is 6.11. The molecule has 92 valence electrons. The van der Waals surface area contributed by atoms with E-state index in [9.17, 15) is 4.79 Å². The number of rotatable bonds is 4. The number of carbonyl (C=O) groups excluding carboxylic acids is 1. The molecular weight excluding hydrogens is 282 g/mol. The Labute approximate surface area is 110 Å². The number of nitrogens with one attached hydrogen (secondary N) is 1. The molecule has 0 radical (unpaired) electrons. The van der Waals surface area contributed by atoms with E-state index in [4.69, 9.17) is 4.74 Å². The van der Waals surface area contributed by atoms with Gasteiger partial charge in [-0.3, -0.25) is 0 Å². The average molecular weight is 298 g/mol. The van der Waals surface area contributed by atoms with E-state index >= 15 is 0 Å². The molecule has 1 N–H and O–H groups in total. The molecule has 1 aliphatic carbocycles. The molecule has 0 bridgehead atoms. The normalized spacial score (nSPS) is 17.1. The third-order valence-corrected chi connectivity index (χ3v) is 3.81. The van der Waals surface area contributed by atoms with Crippen molar-refractivity contribution in [3.8, 4) is 0 Å². The lowest BCUT2D eigenvalue weighted by molar-refractivity contribution is -0.151. The number of hydrogen-bond donors (Lipinski definition) is 1. The number of halogens is 1. The zero-order chi connectivity index (χ0) is 12.3. The minimum atomic E-state index is -0.514. The Morgan fingerprint density at radius 2 is 2.18 bits per heavy atom. The van der Waals surface area contributed by atoms with Gasteiger partial charge in [0.15, 0.2) is 0 Å². The fourth-order valence-corrected chi connectivity index (χ4v) is 2.38. The fraction of sp³-hybridized carbons (Fsp3) is 0.462. The van der Waals surface area contributed by atoms with Crippen LogP contribution in [-0.2, 0) is 9.53 Å². The zero-order valence-electron chi connectivity index (χ0n) is 9.83. The predicted octanol–water partition coefficient (Wildman–Crippen LogP) is 3.35. The minimum absolute atomic E-state index is 0.137. The topological polar surface area (TPSA) is 38.3 Å². The molecule has 1 aromatic rings. The molecule has 0 aliphatic heterocycles. The van der Waals surface area contributed by atoms with E-state index in [0.29, 0.717) is 6.61 Å². The Bertz CT molecular complexity index is 416. The van der Waals surface area contributed by atoms with Crippen LogP contribution in [0, 0.1) is 0 Å². The van der Waals surface area contributed by atoms with Crippen molar-refractivity contribution >= 4 is 27.6 Å². The maximum absolute atomic E-state index is 12.0. The van der Waals surface area contributed by atoms with Crippen LogP contribution in [0.3, 0.4) is 0 Å². The van der Waals surface area contributed by atoms with Gasteiger partial charge in [0.05, 0.1) is 6.61 Å². The molecular formula is C13H16BrNO2. The largest absolute Gasteiger partial charge is 0.464 e. The number of para-hydroxylation sites is 1. The maximum atomic E-state index is 12.0. The fourth-order valence-electron chi connectivity index (χ4n) is 2.00. The summed E-state index contributed by atoms with van der Waals surface area (Å²) >= 11 is 3.48. The smallest absolute Gasteiger partial charge is 0.331 e. The number of anilines is 1. The highest BCUT2D eigenvalue weighted by molar-refractivity contribution is 9.10. The number of hydrogen-bond acceptors (Lipinski definition) is 3. The van der Waals surface area contributed by atoms with Gasteiger partial charge in [0.25, 0.3) is 0 Å². The summed E-state index contributed by atoms with van der Waals surface area (Å²) in [4.78, 5) is 12.0. The van der Waals surface area contributed by atoms with E-state index in [1.807, 2.05) is 31.2 Å². The molecule has 0 atom stereocenters. The molecule has 1 aliphatic rings. The number of carbonyl (C=O) groups is 1. The van der Waals surface area contributed by atoms with E-state index in [-0.39, 0.29) is 5.97 Å². The Morgan fingerprint density at radius 3 is 2.71 bits per heavy atom. The van der Waals surface area contributed by atoms with E-state index in [1.165, 1.54) is 0 Å². The molecule has 0 unspecified atom stereocenters. The highest BCUT2D eigenvalue weighted by Gasteiger charge is 2.45. The monoisotopic (exact) mass is 297 g/mol. The summed E-state index contributed by atoms with van der Waals surface area (Å²) in [6, 6.07) is 7.82. The van der Waals surface area contributed by atoms with Gasteiger partial charge in [-0.05, 0) is 54.2 Å². The SMILES string of the molecule is CCOC(=O)C1(Nc2ccccc2Br)CCC1. The van der Waals surface area contributed by atoms with Gasteiger partial charge in [-0.15, -0.1) is 0 Å². The van der Waals surface area contributed by atoms with E-state index in [1.54, 1.807) is 0 Å². The van der Waals surface area contributed by atoms with Crippen LogP contribution in [0.1, 0.15) is 26.2 Å². The first-order valence-electron chi connectivity index (χ1n) is 5.88. The number of esters is 1. The molecule has 1 saturated carbocycles. The van der Waals surface area contributed by atoms with Gasteiger partial charge in [0.1, 0.15) is 5.54 Å². The third kappa shape index (κ3) is 2.46. The first-order chi connectivity index (χ1) is 8.18. The Kier molecular flexibility index (Phi) is 3.72. The second-order valence-electron chi connectivity index (χ2n) is 4.26. The van der Waals surface area contributed by atoms with Crippen LogP contribution in [0.25, 0.3) is 0 Å². The average Bonchev–Trinajstić information content (AvgIpc) is 2.26. The van der Waals surface area contributed by atoms with E-state index < -0.39 is 5.54 Å². The van der Waals surface area contributed by atoms with Crippen LogP contribution < -0.4 is 5.32 Å². The third-order valence-electron chi connectivity index (χ3n) is 3.12. The first-order valence-corrected chi connectivity index (χ1v) is 6.67. The lowest BCUT2D eigenvalue weighted by Gasteiger charge is -2.40. The highest BCUT2D eigenvalue weighted by atomic mass is 79.9. The van der Waals surface area contributed by atoms with Gasteiger partial charge < -0.3 is 10.1 Å². The van der Waals surface area contributed by atoms with Crippen molar-refractivity contribution in [1.29, 1.82) is 0 Å². The lowest BCUT2D eigenvalue weighted by Crippen LogP contribution is -2.53. The van der Waals surface area contributed by atoms with Crippen molar-refractivity contribution in [2.75, 3.05) is 11.9 Å². The lowest BCUT2D eigenvalue weighted by atomic mass is 9.76. The Hall–Kier alpha value is -1.03. The van der Waals surface area contributed by atoms with Crippen molar-refractivity contribution in [2.45, 2.75) is 31.7 Å². The van der Waals surface area contributed by atoms with Gasteiger partial charge in [-0.1, -0.05) is 12.1 Å². The summed E-state index contributed by atoms with van der Waals surface area (Å²) in [5.74, 6) is -0.137. The molecule has 1 aromatic carbocycles. The second kappa shape index (κ2) is 5.08. The minimum Gasteiger partial charge on any atom is -0.464 e. The quantitative estimate of drug-likeness (QED) is 0.866. The van der Waals surface area contributed by atoms with Crippen LogP contribution in [0.2, 0.25) is 0 Å². The molecule has 4 heteroatoms. The second-order valence-corrected chi connectivity index (χ2v) is 5.12. The van der Waals surface area contributed by atoms with Crippen molar-refractivity contribution in [3.63, 3.8) is 0 Å². The molecule has 0 aromatic heterocycles. The Balaban J connectivity index is 2.15. The molecule has 0 heterocycles. The predicted molar refractivity (Wildman–Crippen MR) is 71.0 cm³/mol. The standard InChI is InChI=1S/C13H16BrNO2/c1-2-17-12(16)13(8-5-9-13)15-11-7-4-3-6-10(11)14/h3-4,6-7,15H,2,5,8-9H2,1H3. The molecule has 2 rings (SSSR count). The molecule has 17 heavy (non-hydrogen) atoms. The summed E-state index contributed by atoms with van der Waals surface area (Å²) in [6.45, 7) is 2.26. The maximum Gasteiger partial charge on any atom is 0.331 e. The molecule has 1 fully saturated rings. The summed E-state index contributed by atoms with van der Waals surface area (Å²) in [7, 11) is 0. The summed E-state index contributed by atoms with van der Waals surface area (Å²) in [6.07, 6.45) is 2.75.